The lowest BCUT2D eigenvalue weighted by molar-refractivity contribution is 0.398. The maximum atomic E-state index is 12.3. The first-order valence-corrected chi connectivity index (χ1v) is 7.27. The molecule has 0 saturated carbocycles. The zero-order valence-corrected chi connectivity index (χ0v) is 11.9. The second-order valence-corrected chi connectivity index (χ2v) is 5.71. The molecule has 0 aliphatic rings. The zero-order valence-electron chi connectivity index (χ0n) is 11.1. The molecule has 0 atom stereocenters. The van der Waals surface area contributed by atoms with E-state index in [1.54, 1.807) is 0 Å². The summed E-state index contributed by atoms with van der Waals surface area (Å²) in [5, 5.41) is 9.01. The minimum Gasteiger partial charge on any atom is -0.481 e. The number of nitrogen functional groups attached to an aromatic ring is 1. The average Bonchev–Trinajstić information content (AvgIpc) is 2.47. The molecule has 0 unspecified atom stereocenters. The Morgan fingerprint density at radius 3 is 2.67 bits per heavy atom. The topological polar surface area (TPSA) is 118 Å². The average molecular weight is 304 g/mol. The van der Waals surface area contributed by atoms with Gasteiger partial charge in [-0.15, -0.1) is 0 Å². The predicted molar refractivity (Wildman–Crippen MR) is 77.2 cm³/mol. The van der Waals surface area contributed by atoms with E-state index < -0.39 is 10.0 Å². The summed E-state index contributed by atoms with van der Waals surface area (Å²) in [4.78, 5) is 3.75. The van der Waals surface area contributed by atoms with Crippen LogP contribution in [-0.2, 0) is 10.0 Å². The fourth-order valence-electron chi connectivity index (χ4n) is 1.64. The number of anilines is 2. The Hall–Kier alpha value is -2.79. The lowest BCUT2D eigenvalue weighted by Crippen LogP contribution is -2.14. The third-order valence-corrected chi connectivity index (χ3v) is 4.05. The molecule has 108 valence electrons. The van der Waals surface area contributed by atoms with Crippen LogP contribution in [0.5, 0.6) is 5.88 Å². The van der Waals surface area contributed by atoms with E-state index in [2.05, 4.69) is 9.71 Å². The maximum Gasteiger partial charge on any atom is 0.263 e. The first-order chi connectivity index (χ1) is 9.96. The van der Waals surface area contributed by atoms with Gasteiger partial charge in [0, 0.05) is 11.8 Å². The fraction of sp³-hybridized carbons (Fsp3) is 0.0769. The number of benzene rings is 1. The van der Waals surface area contributed by atoms with E-state index in [1.807, 2.05) is 6.07 Å². The van der Waals surface area contributed by atoms with Crippen LogP contribution in [0.2, 0.25) is 0 Å². The fourth-order valence-corrected chi connectivity index (χ4v) is 2.82. The van der Waals surface area contributed by atoms with Gasteiger partial charge in [0.1, 0.15) is 11.0 Å². The molecule has 0 aliphatic carbocycles. The molecule has 2 rings (SSSR count). The van der Waals surface area contributed by atoms with E-state index in [9.17, 15) is 8.42 Å². The summed E-state index contributed by atoms with van der Waals surface area (Å²) in [5.41, 5.74) is 6.09. The van der Waals surface area contributed by atoms with Gasteiger partial charge in [-0.2, -0.15) is 5.26 Å². The second-order valence-electron chi connectivity index (χ2n) is 4.06. The standard InChI is InChI=1S/C13H12N4O3S/c1-20-13-5-3-11(8-16-13)17-21(18,19)12-4-2-10(15)6-9(12)7-14/h2-6,8,17H,15H2,1H3. The van der Waals surface area contributed by atoms with Gasteiger partial charge in [-0.1, -0.05) is 0 Å². The maximum absolute atomic E-state index is 12.3. The number of methoxy groups -OCH3 is 1. The minimum absolute atomic E-state index is 0.0241. The molecule has 1 aromatic carbocycles. The van der Waals surface area contributed by atoms with E-state index in [-0.39, 0.29) is 16.1 Å². The van der Waals surface area contributed by atoms with Crippen LogP contribution < -0.4 is 15.2 Å². The van der Waals surface area contributed by atoms with Gasteiger partial charge >= 0.3 is 0 Å². The van der Waals surface area contributed by atoms with E-state index in [4.69, 9.17) is 15.7 Å². The molecule has 7 nitrogen and oxygen atoms in total. The van der Waals surface area contributed by atoms with Crippen molar-refractivity contribution in [2.45, 2.75) is 4.90 Å². The SMILES string of the molecule is COc1ccc(NS(=O)(=O)c2ccc(N)cc2C#N)cn1. The highest BCUT2D eigenvalue weighted by molar-refractivity contribution is 7.92. The molecule has 21 heavy (non-hydrogen) atoms. The van der Waals surface area contributed by atoms with Gasteiger partial charge in [0.25, 0.3) is 10.0 Å². The molecule has 0 bridgehead atoms. The molecule has 8 heteroatoms. The molecule has 0 aliphatic heterocycles. The van der Waals surface area contributed by atoms with Crippen LogP contribution in [0.4, 0.5) is 11.4 Å². The summed E-state index contributed by atoms with van der Waals surface area (Å²) < 4.78 is 31.8. The lowest BCUT2D eigenvalue weighted by atomic mass is 10.2. The number of pyridine rings is 1. The van der Waals surface area contributed by atoms with Gasteiger partial charge in [0.15, 0.2) is 0 Å². The van der Waals surface area contributed by atoms with Gasteiger partial charge < -0.3 is 10.5 Å². The van der Waals surface area contributed by atoms with E-state index in [1.165, 1.54) is 43.6 Å². The first kappa shape index (κ1) is 14.6. The van der Waals surface area contributed by atoms with Crippen molar-refractivity contribution in [2.24, 2.45) is 0 Å². The van der Waals surface area contributed by atoms with Crippen molar-refractivity contribution in [1.82, 2.24) is 4.98 Å². The number of sulfonamides is 1. The van der Waals surface area contributed by atoms with Crippen LogP contribution in [0.3, 0.4) is 0 Å². The van der Waals surface area contributed by atoms with Gasteiger partial charge in [-0.3, -0.25) is 4.72 Å². The van der Waals surface area contributed by atoms with Gasteiger partial charge in [0.2, 0.25) is 5.88 Å². The molecule has 3 N–H and O–H groups in total. The van der Waals surface area contributed by atoms with Crippen LogP contribution in [0.1, 0.15) is 5.56 Å². The summed E-state index contributed by atoms with van der Waals surface area (Å²) in [7, 11) is -2.44. The zero-order chi connectivity index (χ0) is 15.5. The van der Waals surface area contributed by atoms with Crippen molar-refractivity contribution in [3.8, 4) is 11.9 Å². The molecule has 0 radical (unpaired) electrons. The number of nitrogens with two attached hydrogens (primary N) is 1. The molecule has 2 aromatic rings. The Balaban J connectivity index is 2.36. The molecular formula is C13H12N4O3S. The molecule has 0 saturated heterocycles. The highest BCUT2D eigenvalue weighted by Gasteiger charge is 2.19. The predicted octanol–water partition coefficient (Wildman–Crippen LogP) is 1.34. The normalized spacial score (nSPS) is 10.7. The summed E-state index contributed by atoms with van der Waals surface area (Å²) in [6, 6.07) is 8.85. The minimum atomic E-state index is -3.90. The molecule has 1 heterocycles. The molecule has 0 spiro atoms. The highest BCUT2D eigenvalue weighted by Crippen LogP contribution is 2.21. The first-order valence-electron chi connectivity index (χ1n) is 5.79. The number of nitriles is 1. The Bertz CT molecular complexity index is 795. The van der Waals surface area contributed by atoms with Gasteiger partial charge in [-0.05, 0) is 24.3 Å². The number of hydrogen-bond acceptors (Lipinski definition) is 6. The number of ether oxygens (including phenoxy) is 1. The summed E-state index contributed by atoms with van der Waals surface area (Å²) in [6.07, 6.45) is 1.32. The highest BCUT2D eigenvalue weighted by atomic mass is 32.2. The molecule has 0 amide bonds. The monoisotopic (exact) mass is 304 g/mol. The Kier molecular flexibility index (Phi) is 3.95. The van der Waals surface area contributed by atoms with Crippen molar-refractivity contribution < 1.29 is 13.2 Å². The van der Waals surface area contributed by atoms with Crippen LogP contribution in [-0.4, -0.2) is 20.5 Å². The van der Waals surface area contributed by atoms with Crippen molar-refractivity contribution in [3.63, 3.8) is 0 Å². The summed E-state index contributed by atoms with van der Waals surface area (Å²) >= 11 is 0. The number of aromatic nitrogens is 1. The number of nitrogens with one attached hydrogen (secondary N) is 1. The van der Waals surface area contributed by atoms with E-state index in [0.29, 0.717) is 11.6 Å². The molecular weight excluding hydrogens is 292 g/mol. The Labute approximate surface area is 122 Å². The number of hydrogen-bond donors (Lipinski definition) is 2. The van der Waals surface area contributed by atoms with Crippen LogP contribution in [0.15, 0.2) is 41.4 Å². The number of nitrogens with zero attached hydrogens (tertiary/aromatic N) is 2. The van der Waals surface area contributed by atoms with Crippen molar-refractivity contribution in [2.75, 3.05) is 17.6 Å². The lowest BCUT2D eigenvalue weighted by Gasteiger charge is -2.09. The molecule has 1 aromatic heterocycles. The largest absolute Gasteiger partial charge is 0.481 e. The Morgan fingerprint density at radius 1 is 1.33 bits per heavy atom. The third-order valence-electron chi connectivity index (χ3n) is 2.61. The Morgan fingerprint density at radius 2 is 2.10 bits per heavy atom. The van der Waals surface area contributed by atoms with Crippen molar-refractivity contribution >= 4 is 21.4 Å². The molecule has 0 fully saturated rings. The van der Waals surface area contributed by atoms with Gasteiger partial charge in [0.05, 0.1) is 24.6 Å². The summed E-state index contributed by atoms with van der Waals surface area (Å²) in [5.74, 6) is 0.364. The van der Waals surface area contributed by atoms with Crippen LogP contribution in [0, 0.1) is 11.3 Å². The smallest absolute Gasteiger partial charge is 0.263 e. The third kappa shape index (κ3) is 3.21. The summed E-state index contributed by atoms with van der Waals surface area (Å²) in [6.45, 7) is 0. The van der Waals surface area contributed by atoms with E-state index >= 15 is 0 Å². The van der Waals surface area contributed by atoms with E-state index in [0.717, 1.165) is 0 Å². The number of rotatable bonds is 4. The quantitative estimate of drug-likeness (QED) is 0.823. The van der Waals surface area contributed by atoms with Crippen molar-refractivity contribution in [1.29, 1.82) is 5.26 Å². The van der Waals surface area contributed by atoms with Crippen LogP contribution >= 0.6 is 0 Å². The second kappa shape index (κ2) is 5.68. The van der Waals surface area contributed by atoms with Gasteiger partial charge in [-0.25, -0.2) is 13.4 Å². The van der Waals surface area contributed by atoms with Crippen molar-refractivity contribution in [3.05, 3.63) is 42.1 Å². The van der Waals surface area contributed by atoms with Crippen LogP contribution in [0.25, 0.3) is 0 Å².